The average molecular weight is 318 g/mol. The van der Waals surface area contributed by atoms with Crippen molar-refractivity contribution >= 4 is 34.2 Å². The van der Waals surface area contributed by atoms with E-state index < -0.39 is 10.8 Å². The lowest BCUT2D eigenvalue weighted by molar-refractivity contribution is -0.385. The number of nitro groups is 1. The fraction of sp³-hybridized carbons (Fsp3) is 0.143. The molecule has 1 aromatic carbocycles. The van der Waals surface area contributed by atoms with Gasteiger partial charge >= 0.3 is 5.69 Å². The van der Waals surface area contributed by atoms with Crippen LogP contribution in [0.15, 0.2) is 41.4 Å². The number of aryl methyl sites for hydroxylation is 1. The second kappa shape index (κ2) is 6.81. The van der Waals surface area contributed by atoms with Crippen molar-refractivity contribution in [2.24, 2.45) is 12.0 Å². The van der Waals surface area contributed by atoms with E-state index in [-0.39, 0.29) is 16.2 Å². The van der Waals surface area contributed by atoms with E-state index in [2.05, 4.69) is 10.3 Å². The predicted octanol–water partition coefficient (Wildman–Crippen LogP) is 2.18. The van der Waals surface area contributed by atoms with Crippen LogP contribution in [0.4, 0.5) is 10.7 Å². The molecule has 114 valence electrons. The average Bonchev–Trinajstić information content (AvgIpc) is 2.81. The zero-order valence-electron chi connectivity index (χ0n) is 12.0. The topological polar surface area (TPSA) is 89.5 Å². The maximum atomic E-state index is 11.9. The molecule has 1 heterocycles. The molecule has 8 heteroatoms. The van der Waals surface area contributed by atoms with Gasteiger partial charge in [-0.25, -0.2) is 0 Å². The zero-order chi connectivity index (χ0) is 16.1. The van der Waals surface area contributed by atoms with Crippen LogP contribution < -0.4 is 10.8 Å². The third kappa shape index (κ3) is 3.47. The zero-order valence-corrected chi connectivity index (χ0v) is 12.8. The Morgan fingerprint density at radius 2 is 2.09 bits per heavy atom. The van der Waals surface area contributed by atoms with Crippen LogP contribution >= 0.6 is 11.5 Å². The Hall–Kier alpha value is -2.74. The van der Waals surface area contributed by atoms with Gasteiger partial charge in [0.05, 0.1) is 4.92 Å². The van der Waals surface area contributed by atoms with Gasteiger partial charge in [-0.15, -0.1) is 0 Å². The number of nitrogens with zero attached hydrogens (tertiary/aromatic N) is 3. The van der Waals surface area contributed by atoms with Crippen molar-refractivity contribution in [3.8, 4) is 0 Å². The predicted molar refractivity (Wildman–Crippen MR) is 85.5 cm³/mol. The second-order valence-electron chi connectivity index (χ2n) is 4.30. The quantitative estimate of drug-likeness (QED) is 0.532. The number of aromatic nitrogens is 1. The fourth-order valence-corrected chi connectivity index (χ4v) is 2.78. The highest BCUT2D eigenvalue weighted by molar-refractivity contribution is 7.11. The molecule has 7 nitrogen and oxygen atoms in total. The SMILES string of the molecule is CN=c1c([N+](=O)[O-])c(NC(=O)/C=C/c2ccccc2)sn1C. The maximum Gasteiger partial charge on any atom is 0.347 e. The second-order valence-corrected chi connectivity index (χ2v) is 5.44. The van der Waals surface area contributed by atoms with Crippen molar-refractivity contribution in [2.75, 3.05) is 12.4 Å². The summed E-state index contributed by atoms with van der Waals surface area (Å²) in [6.07, 6.45) is 2.97. The first-order chi connectivity index (χ1) is 10.5. The number of hydrogen-bond donors (Lipinski definition) is 1. The number of hydrogen-bond acceptors (Lipinski definition) is 5. The summed E-state index contributed by atoms with van der Waals surface area (Å²) < 4.78 is 1.54. The van der Waals surface area contributed by atoms with Gasteiger partial charge in [0, 0.05) is 20.2 Å². The fourth-order valence-electron chi connectivity index (χ4n) is 1.86. The van der Waals surface area contributed by atoms with Gasteiger partial charge in [0.25, 0.3) is 0 Å². The van der Waals surface area contributed by atoms with Gasteiger partial charge in [-0.05, 0) is 23.2 Å². The minimum Gasteiger partial charge on any atom is -0.307 e. The summed E-state index contributed by atoms with van der Waals surface area (Å²) >= 11 is 1.06. The van der Waals surface area contributed by atoms with Crippen LogP contribution in [0.5, 0.6) is 0 Å². The van der Waals surface area contributed by atoms with Gasteiger partial charge in [0.2, 0.25) is 11.4 Å². The van der Waals surface area contributed by atoms with Crippen LogP contribution in [-0.2, 0) is 11.8 Å². The Morgan fingerprint density at radius 1 is 1.41 bits per heavy atom. The molecule has 0 radical (unpaired) electrons. The van der Waals surface area contributed by atoms with Gasteiger partial charge < -0.3 is 5.32 Å². The van der Waals surface area contributed by atoms with Crippen molar-refractivity contribution < 1.29 is 9.72 Å². The molecule has 22 heavy (non-hydrogen) atoms. The number of carbonyl (C=O) groups excluding carboxylic acids is 1. The molecule has 0 aliphatic carbocycles. The lowest BCUT2D eigenvalue weighted by Gasteiger charge is -1.97. The van der Waals surface area contributed by atoms with Crippen molar-refractivity contribution in [3.63, 3.8) is 0 Å². The summed E-state index contributed by atoms with van der Waals surface area (Å²) in [5.41, 5.74) is 0.891. The van der Waals surface area contributed by atoms with E-state index in [0.717, 1.165) is 17.1 Å². The Balaban J connectivity index is 2.23. The summed E-state index contributed by atoms with van der Waals surface area (Å²) in [5.74, 6) is -0.434. The first-order valence-electron chi connectivity index (χ1n) is 6.34. The van der Waals surface area contributed by atoms with Crippen LogP contribution in [0.1, 0.15) is 5.56 Å². The van der Waals surface area contributed by atoms with Crippen molar-refractivity contribution in [3.05, 3.63) is 57.6 Å². The molecule has 0 saturated heterocycles. The standard InChI is InChI=1S/C14H14N4O3S/c1-15-13-12(18(20)21)14(22-17(13)2)16-11(19)9-8-10-6-4-3-5-7-10/h3-9H,1-2H3,(H,16,19)/b9-8+,15-13?. The van der Waals surface area contributed by atoms with E-state index in [1.165, 1.54) is 17.1 Å². The van der Waals surface area contributed by atoms with E-state index in [4.69, 9.17) is 0 Å². The van der Waals surface area contributed by atoms with E-state index >= 15 is 0 Å². The molecule has 0 fully saturated rings. The molecule has 1 N–H and O–H groups in total. The summed E-state index contributed by atoms with van der Waals surface area (Å²) in [6.45, 7) is 0. The molecular weight excluding hydrogens is 304 g/mol. The van der Waals surface area contributed by atoms with Crippen LogP contribution in [-0.4, -0.2) is 21.8 Å². The number of carbonyl (C=O) groups is 1. The molecular formula is C14H14N4O3S. The number of rotatable bonds is 4. The number of anilines is 1. The first kappa shape index (κ1) is 15.6. The number of amides is 1. The minimum atomic E-state index is -0.546. The lowest BCUT2D eigenvalue weighted by atomic mass is 10.2. The Kier molecular flexibility index (Phi) is 4.84. The van der Waals surface area contributed by atoms with Gasteiger partial charge in [-0.2, -0.15) is 0 Å². The third-order valence-electron chi connectivity index (χ3n) is 2.81. The van der Waals surface area contributed by atoms with Crippen LogP contribution in [0.3, 0.4) is 0 Å². The lowest BCUT2D eigenvalue weighted by Crippen LogP contribution is -2.15. The molecule has 1 aromatic heterocycles. The Labute approximate surface area is 130 Å². The summed E-state index contributed by atoms with van der Waals surface area (Å²) in [4.78, 5) is 26.4. The molecule has 0 spiro atoms. The molecule has 1 amide bonds. The highest BCUT2D eigenvalue weighted by Crippen LogP contribution is 2.25. The third-order valence-corrected chi connectivity index (χ3v) is 3.74. The van der Waals surface area contributed by atoms with Gasteiger partial charge in [-0.1, -0.05) is 30.3 Å². The highest BCUT2D eigenvalue weighted by Gasteiger charge is 2.23. The van der Waals surface area contributed by atoms with Gasteiger partial charge in [0.1, 0.15) is 0 Å². The molecule has 0 saturated carbocycles. The molecule has 0 aliphatic heterocycles. The molecule has 0 bridgehead atoms. The Bertz CT molecular complexity index is 790. The monoisotopic (exact) mass is 318 g/mol. The largest absolute Gasteiger partial charge is 0.347 e. The van der Waals surface area contributed by atoms with Crippen molar-refractivity contribution in [2.45, 2.75) is 0 Å². The summed E-state index contributed by atoms with van der Waals surface area (Å²) in [5, 5.41) is 13.8. The number of benzene rings is 1. The number of nitrogens with one attached hydrogen (secondary N) is 1. The van der Waals surface area contributed by atoms with Crippen molar-refractivity contribution in [1.82, 2.24) is 3.96 Å². The van der Waals surface area contributed by atoms with Crippen molar-refractivity contribution in [1.29, 1.82) is 0 Å². The van der Waals surface area contributed by atoms with Crippen LogP contribution in [0, 0.1) is 10.1 Å². The van der Waals surface area contributed by atoms with E-state index in [9.17, 15) is 14.9 Å². The summed E-state index contributed by atoms with van der Waals surface area (Å²) in [6, 6.07) is 9.30. The normalized spacial score (nSPS) is 11.8. The van der Waals surface area contributed by atoms with Crippen LogP contribution in [0.2, 0.25) is 0 Å². The first-order valence-corrected chi connectivity index (χ1v) is 7.12. The van der Waals surface area contributed by atoms with Gasteiger partial charge in [0.15, 0.2) is 5.00 Å². The minimum absolute atomic E-state index is 0.163. The molecule has 2 rings (SSSR count). The van der Waals surface area contributed by atoms with Gasteiger partial charge in [-0.3, -0.25) is 23.9 Å². The summed E-state index contributed by atoms with van der Waals surface area (Å²) in [7, 11) is 3.12. The molecule has 2 aromatic rings. The molecule has 0 aliphatic rings. The Morgan fingerprint density at radius 3 is 2.68 bits per heavy atom. The highest BCUT2D eigenvalue weighted by atomic mass is 32.1. The molecule has 0 atom stereocenters. The molecule has 0 unspecified atom stereocenters. The van der Waals surface area contributed by atoms with E-state index in [1.807, 2.05) is 30.3 Å². The maximum absolute atomic E-state index is 11.9. The van der Waals surface area contributed by atoms with E-state index in [1.54, 1.807) is 13.1 Å². The van der Waals surface area contributed by atoms with E-state index in [0.29, 0.717) is 0 Å². The van der Waals surface area contributed by atoms with Crippen LogP contribution in [0.25, 0.3) is 6.08 Å². The smallest absolute Gasteiger partial charge is 0.307 e.